The number of hydrogen-bond donors (Lipinski definition) is 2. The van der Waals surface area contributed by atoms with Gasteiger partial charge in [0.2, 0.25) is 0 Å². The molecule has 0 heterocycles. The number of halogens is 1. The predicted molar refractivity (Wildman–Crippen MR) is 131 cm³/mol. The second-order valence-corrected chi connectivity index (χ2v) is 9.50. The van der Waals surface area contributed by atoms with E-state index in [1.54, 1.807) is 30.3 Å². The smallest absolute Gasteiger partial charge is 0.323 e. The average molecular weight is 458 g/mol. The number of carbonyl (C=O) groups is 2. The van der Waals surface area contributed by atoms with E-state index in [-0.39, 0.29) is 11.9 Å². The zero-order chi connectivity index (χ0) is 23.3. The lowest BCUT2D eigenvalue weighted by atomic mass is 10.1. The van der Waals surface area contributed by atoms with Crippen molar-refractivity contribution >= 4 is 40.7 Å². The molecule has 0 aromatic heterocycles. The zero-order valence-electron chi connectivity index (χ0n) is 19.2. The maximum absolute atomic E-state index is 12.9. The second-order valence-electron chi connectivity index (χ2n) is 9.10. The van der Waals surface area contributed by atoms with Gasteiger partial charge in [-0.05, 0) is 48.9 Å². The summed E-state index contributed by atoms with van der Waals surface area (Å²) in [5.74, 6) is 0.875. The first-order chi connectivity index (χ1) is 15.2. The molecular formula is C25H32ClN3O3. The van der Waals surface area contributed by atoms with E-state index in [9.17, 15) is 9.59 Å². The number of esters is 1. The highest BCUT2D eigenvalue weighted by atomic mass is 35.5. The second kappa shape index (κ2) is 10.7. The molecule has 2 amide bonds. The van der Waals surface area contributed by atoms with Crippen LogP contribution in [0.3, 0.4) is 0 Å². The third-order valence-electron chi connectivity index (χ3n) is 5.00. The Labute approximate surface area is 195 Å². The molecule has 2 aromatic rings. The number of nitrogens with one attached hydrogen (secondary N) is 2. The normalized spacial score (nSPS) is 13.2. The van der Waals surface area contributed by atoms with Gasteiger partial charge >= 0.3 is 12.0 Å². The molecule has 2 aromatic carbocycles. The van der Waals surface area contributed by atoms with Gasteiger partial charge in [0.1, 0.15) is 5.69 Å². The standard InChI is InChI=1S/C25H32ClN3O3/c1-16(2)14-29(15-17(3)4)21-10-7-11-22(32-24(30)18-12-13-18)23(21)28-25(31)27-20-9-6-5-8-19(20)26/h5-11,16-18H,12-15H2,1-4H3,(H2,27,28,31). The van der Waals surface area contributed by atoms with Gasteiger partial charge in [0.15, 0.2) is 5.75 Å². The Kier molecular flexibility index (Phi) is 8.02. The third kappa shape index (κ3) is 6.63. The summed E-state index contributed by atoms with van der Waals surface area (Å²) in [5.41, 5.74) is 1.80. The van der Waals surface area contributed by atoms with Crippen molar-refractivity contribution in [2.75, 3.05) is 28.6 Å². The van der Waals surface area contributed by atoms with Crippen LogP contribution in [0.4, 0.5) is 21.9 Å². The Bertz CT molecular complexity index is 947. The summed E-state index contributed by atoms with van der Waals surface area (Å²) in [7, 11) is 0. The Morgan fingerprint density at radius 2 is 1.66 bits per heavy atom. The summed E-state index contributed by atoms with van der Waals surface area (Å²) in [6, 6.07) is 12.1. The van der Waals surface area contributed by atoms with E-state index in [4.69, 9.17) is 16.3 Å². The summed E-state index contributed by atoms with van der Waals surface area (Å²) >= 11 is 6.19. The molecule has 6 nitrogen and oxygen atoms in total. The molecule has 1 aliphatic rings. The molecule has 0 atom stereocenters. The van der Waals surface area contributed by atoms with Crippen LogP contribution in [0.25, 0.3) is 0 Å². The first kappa shape index (κ1) is 23.9. The average Bonchev–Trinajstić information content (AvgIpc) is 3.55. The monoisotopic (exact) mass is 457 g/mol. The van der Waals surface area contributed by atoms with E-state index in [1.807, 2.05) is 12.1 Å². The minimum atomic E-state index is -0.455. The number of hydrogen-bond acceptors (Lipinski definition) is 4. The molecule has 0 saturated heterocycles. The van der Waals surface area contributed by atoms with Gasteiger partial charge in [0.25, 0.3) is 0 Å². The van der Waals surface area contributed by atoms with Crippen LogP contribution in [0.5, 0.6) is 5.75 Å². The van der Waals surface area contributed by atoms with Gasteiger partial charge in [0, 0.05) is 13.1 Å². The van der Waals surface area contributed by atoms with E-state index in [0.29, 0.717) is 34.0 Å². The van der Waals surface area contributed by atoms with E-state index in [2.05, 4.69) is 43.2 Å². The number of nitrogens with zero attached hydrogens (tertiary/aromatic N) is 1. The zero-order valence-corrected chi connectivity index (χ0v) is 19.9. The number of rotatable bonds is 9. The number of amides is 2. The van der Waals surface area contributed by atoms with E-state index in [1.165, 1.54) is 0 Å². The van der Waals surface area contributed by atoms with Gasteiger partial charge in [-0.3, -0.25) is 4.79 Å². The number of anilines is 3. The number of ether oxygens (including phenoxy) is 1. The summed E-state index contributed by atoms with van der Waals surface area (Å²) in [5, 5.41) is 6.14. The Balaban J connectivity index is 1.93. The fraction of sp³-hybridized carbons (Fsp3) is 0.440. The molecule has 0 radical (unpaired) electrons. The van der Waals surface area contributed by atoms with Crippen molar-refractivity contribution in [2.45, 2.75) is 40.5 Å². The van der Waals surface area contributed by atoms with Crippen molar-refractivity contribution in [3.8, 4) is 5.75 Å². The van der Waals surface area contributed by atoms with E-state index >= 15 is 0 Å². The summed E-state index contributed by atoms with van der Waals surface area (Å²) in [6.07, 6.45) is 1.70. The van der Waals surface area contributed by atoms with Crippen molar-refractivity contribution in [3.63, 3.8) is 0 Å². The number of benzene rings is 2. The number of para-hydroxylation sites is 2. The molecular weight excluding hydrogens is 426 g/mol. The molecule has 1 aliphatic carbocycles. The summed E-state index contributed by atoms with van der Waals surface area (Å²) < 4.78 is 5.71. The van der Waals surface area contributed by atoms with Gasteiger partial charge in [-0.15, -0.1) is 0 Å². The molecule has 7 heteroatoms. The van der Waals surface area contributed by atoms with Crippen molar-refractivity contribution in [1.29, 1.82) is 0 Å². The van der Waals surface area contributed by atoms with Crippen LogP contribution >= 0.6 is 11.6 Å². The van der Waals surface area contributed by atoms with Gasteiger partial charge in [-0.2, -0.15) is 0 Å². The first-order valence-electron chi connectivity index (χ1n) is 11.2. The van der Waals surface area contributed by atoms with Gasteiger partial charge < -0.3 is 20.3 Å². The fourth-order valence-corrected chi connectivity index (χ4v) is 3.67. The molecule has 1 fully saturated rings. The fourth-order valence-electron chi connectivity index (χ4n) is 3.49. The van der Waals surface area contributed by atoms with Crippen molar-refractivity contribution in [2.24, 2.45) is 17.8 Å². The quantitative estimate of drug-likeness (QED) is 0.336. The Morgan fingerprint density at radius 3 is 2.25 bits per heavy atom. The summed E-state index contributed by atoms with van der Waals surface area (Å²) in [6.45, 7) is 10.2. The maximum atomic E-state index is 12.9. The van der Waals surface area contributed by atoms with E-state index < -0.39 is 6.03 Å². The molecule has 0 spiro atoms. The molecule has 1 saturated carbocycles. The van der Waals surface area contributed by atoms with Crippen LogP contribution in [0, 0.1) is 17.8 Å². The van der Waals surface area contributed by atoms with Crippen LogP contribution in [0.15, 0.2) is 42.5 Å². The van der Waals surface area contributed by atoms with Crippen LogP contribution in [0.2, 0.25) is 5.02 Å². The van der Waals surface area contributed by atoms with Crippen LogP contribution in [-0.4, -0.2) is 25.1 Å². The molecule has 0 bridgehead atoms. The van der Waals surface area contributed by atoms with Crippen molar-refractivity contribution < 1.29 is 14.3 Å². The molecule has 32 heavy (non-hydrogen) atoms. The van der Waals surface area contributed by atoms with Crippen molar-refractivity contribution in [1.82, 2.24) is 0 Å². The van der Waals surface area contributed by atoms with Gasteiger partial charge in [-0.25, -0.2) is 4.79 Å². The van der Waals surface area contributed by atoms with Gasteiger partial charge in [-0.1, -0.05) is 57.5 Å². The topological polar surface area (TPSA) is 70.7 Å². The molecule has 172 valence electrons. The molecule has 3 rings (SSSR count). The number of urea groups is 1. The highest BCUT2D eigenvalue weighted by Gasteiger charge is 2.32. The highest BCUT2D eigenvalue weighted by Crippen LogP contribution is 2.38. The highest BCUT2D eigenvalue weighted by molar-refractivity contribution is 6.33. The Morgan fingerprint density at radius 1 is 1.00 bits per heavy atom. The molecule has 0 unspecified atom stereocenters. The lowest BCUT2D eigenvalue weighted by Gasteiger charge is -2.31. The van der Waals surface area contributed by atoms with Gasteiger partial charge in [0.05, 0.1) is 22.3 Å². The maximum Gasteiger partial charge on any atom is 0.323 e. The predicted octanol–water partition coefficient (Wildman–Crippen LogP) is 6.42. The minimum Gasteiger partial charge on any atom is -0.424 e. The number of carbonyl (C=O) groups excluding carboxylic acids is 2. The van der Waals surface area contributed by atoms with Crippen molar-refractivity contribution in [3.05, 3.63) is 47.5 Å². The lowest BCUT2D eigenvalue weighted by Crippen LogP contribution is -2.33. The largest absolute Gasteiger partial charge is 0.424 e. The Hall–Kier alpha value is -2.73. The first-order valence-corrected chi connectivity index (χ1v) is 11.5. The molecule has 0 aliphatic heterocycles. The summed E-state index contributed by atoms with van der Waals surface area (Å²) in [4.78, 5) is 27.5. The van der Waals surface area contributed by atoms with Crippen LogP contribution in [-0.2, 0) is 4.79 Å². The SMILES string of the molecule is CC(C)CN(CC(C)C)c1cccc(OC(=O)C2CC2)c1NC(=O)Nc1ccccc1Cl. The molecule has 2 N–H and O–H groups in total. The van der Waals surface area contributed by atoms with E-state index in [0.717, 1.165) is 31.6 Å². The van der Waals surface area contributed by atoms with Crippen LogP contribution in [0.1, 0.15) is 40.5 Å². The van der Waals surface area contributed by atoms with Crippen LogP contribution < -0.4 is 20.3 Å². The third-order valence-corrected chi connectivity index (χ3v) is 5.33. The lowest BCUT2D eigenvalue weighted by molar-refractivity contribution is -0.135. The minimum absolute atomic E-state index is 0.0501.